The van der Waals surface area contributed by atoms with Crippen LogP contribution in [0.15, 0.2) is 133 Å². The van der Waals surface area contributed by atoms with Crippen LogP contribution in [-0.2, 0) is 30.3 Å². The third-order valence-corrected chi connectivity index (χ3v) is 9.01. The summed E-state index contributed by atoms with van der Waals surface area (Å²) in [5, 5.41) is 20.2. The summed E-state index contributed by atoms with van der Waals surface area (Å²) in [4.78, 5) is 41.7. The highest BCUT2D eigenvalue weighted by molar-refractivity contribution is 5.77. The minimum atomic E-state index is -1.41. The van der Waals surface area contributed by atoms with Crippen molar-refractivity contribution in [3.05, 3.63) is 178 Å². The lowest BCUT2D eigenvalue weighted by atomic mass is 9.81. The Morgan fingerprint density at radius 1 is 0.464 bits per heavy atom. The van der Waals surface area contributed by atoms with Gasteiger partial charge in [-0.05, 0) is 62.1 Å². The van der Waals surface area contributed by atoms with Gasteiger partial charge in [-0.3, -0.25) is 0 Å². The quantitative estimate of drug-likeness (QED) is 0.117. The molecule has 2 heterocycles. The van der Waals surface area contributed by atoms with E-state index in [0.717, 1.165) is 0 Å². The SMILES string of the molecule is COC(c1ccccc1)(c1ccccc1)[C@H](Oc1nc(C)cc(C)n1)C(=O)O.COC(c1ccccc1)(c1ccccc1)[C@H](Oc1nc(C)cc(C)n1)C(=O)O. The molecule has 0 bridgehead atoms. The number of hydrogen-bond donors (Lipinski definition) is 2. The number of benzene rings is 4. The summed E-state index contributed by atoms with van der Waals surface area (Å²) in [5.74, 6) is -2.37. The molecular weight excluding hydrogens is 713 g/mol. The Balaban J connectivity index is 0.000000214. The van der Waals surface area contributed by atoms with Gasteiger partial charge < -0.3 is 29.2 Å². The topological polar surface area (TPSA) is 163 Å². The van der Waals surface area contributed by atoms with Gasteiger partial charge in [0.25, 0.3) is 0 Å². The Bertz CT molecular complexity index is 1930. The molecule has 6 aromatic rings. The molecule has 0 radical (unpaired) electrons. The second kappa shape index (κ2) is 18.2. The molecule has 0 saturated carbocycles. The maximum atomic E-state index is 12.4. The van der Waals surface area contributed by atoms with Crippen molar-refractivity contribution < 1.29 is 38.7 Å². The molecule has 2 atom stereocenters. The minimum Gasteiger partial charge on any atom is -0.478 e. The van der Waals surface area contributed by atoms with Gasteiger partial charge in [0.15, 0.2) is 11.2 Å². The fourth-order valence-corrected chi connectivity index (χ4v) is 6.69. The highest BCUT2D eigenvalue weighted by atomic mass is 16.6. The van der Waals surface area contributed by atoms with Crippen LogP contribution in [0.3, 0.4) is 0 Å². The number of ether oxygens (including phenoxy) is 4. The molecule has 288 valence electrons. The van der Waals surface area contributed by atoms with Gasteiger partial charge in [0.2, 0.25) is 12.2 Å². The molecule has 0 aliphatic carbocycles. The van der Waals surface area contributed by atoms with E-state index in [4.69, 9.17) is 18.9 Å². The molecule has 0 saturated heterocycles. The highest BCUT2D eigenvalue weighted by Crippen LogP contribution is 2.40. The van der Waals surface area contributed by atoms with Gasteiger partial charge in [-0.25, -0.2) is 29.5 Å². The second-order valence-corrected chi connectivity index (χ2v) is 12.9. The Labute approximate surface area is 325 Å². The molecule has 0 aliphatic rings. The molecule has 0 spiro atoms. The first-order chi connectivity index (χ1) is 26.9. The molecule has 12 heteroatoms. The zero-order valence-electron chi connectivity index (χ0n) is 32.0. The normalized spacial score (nSPS) is 12.4. The van der Waals surface area contributed by atoms with E-state index in [-0.39, 0.29) is 12.0 Å². The average molecular weight is 757 g/mol. The van der Waals surface area contributed by atoms with Gasteiger partial charge in [-0.15, -0.1) is 0 Å². The third kappa shape index (κ3) is 8.89. The van der Waals surface area contributed by atoms with Crippen molar-refractivity contribution >= 4 is 11.9 Å². The first-order valence-corrected chi connectivity index (χ1v) is 17.7. The molecule has 0 unspecified atom stereocenters. The Kier molecular flexibility index (Phi) is 13.2. The summed E-state index contributed by atoms with van der Waals surface area (Å²) in [7, 11) is 2.95. The largest absolute Gasteiger partial charge is 0.478 e. The average Bonchev–Trinajstić information content (AvgIpc) is 3.19. The van der Waals surface area contributed by atoms with E-state index in [9.17, 15) is 19.8 Å². The number of aromatic nitrogens is 4. The Morgan fingerprint density at radius 3 is 0.893 bits per heavy atom. The molecular formula is C44H44N4O8. The van der Waals surface area contributed by atoms with Crippen LogP contribution < -0.4 is 9.47 Å². The van der Waals surface area contributed by atoms with Gasteiger partial charge in [0, 0.05) is 37.0 Å². The van der Waals surface area contributed by atoms with E-state index in [2.05, 4.69) is 19.9 Å². The lowest BCUT2D eigenvalue weighted by Crippen LogP contribution is -2.50. The maximum Gasteiger partial charge on any atom is 0.348 e. The summed E-state index contributed by atoms with van der Waals surface area (Å²) in [5.41, 5.74) is 2.58. The number of carboxylic acids is 2. The number of aryl methyl sites for hydroxylation is 4. The Morgan fingerprint density at radius 2 is 0.696 bits per heavy atom. The molecule has 0 fully saturated rings. The molecule has 4 aromatic carbocycles. The van der Waals surface area contributed by atoms with Crippen molar-refractivity contribution in [2.24, 2.45) is 0 Å². The second-order valence-electron chi connectivity index (χ2n) is 12.9. The highest BCUT2D eigenvalue weighted by Gasteiger charge is 2.50. The minimum absolute atomic E-state index is 0.00168. The van der Waals surface area contributed by atoms with Gasteiger partial charge in [-0.2, -0.15) is 0 Å². The lowest BCUT2D eigenvalue weighted by molar-refractivity contribution is -0.161. The molecule has 0 aliphatic heterocycles. The summed E-state index contributed by atoms with van der Waals surface area (Å²) in [6.45, 7) is 7.20. The lowest BCUT2D eigenvalue weighted by Gasteiger charge is -2.37. The van der Waals surface area contributed by atoms with Crippen molar-refractivity contribution in [1.29, 1.82) is 0 Å². The van der Waals surface area contributed by atoms with Gasteiger partial charge in [0.1, 0.15) is 0 Å². The van der Waals surface area contributed by atoms with Crippen molar-refractivity contribution in [1.82, 2.24) is 19.9 Å². The zero-order valence-corrected chi connectivity index (χ0v) is 32.0. The van der Waals surface area contributed by atoms with E-state index in [1.54, 1.807) is 39.8 Å². The number of aliphatic carboxylic acids is 2. The smallest absolute Gasteiger partial charge is 0.348 e. The zero-order chi connectivity index (χ0) is 40.3. The van der Waals surface area contributed by atoms with Gasteiger partial charge in [-0.1, -0.05) is 121 Å². The fraction of sp³-hybridized carbons (Fsp3) is 0.227. The molecule has 2 aromatic heterocycles. The van der Waals surface area contributed by atoms with E-state index in [1.807, 2.05) is 121 Å². The first kappa shape index (κ1) is 40.7. The van der Waals surface area contributed by atoms with Crippen molar-refractivity contribution in [2.45, 2.75) is 51.1 Å². The van der Waals surface area contributed by atoms with Crippen LogP contribution in [0.2, 0.25) is 0 Å². The van der Waals surface area contributed by atoms with E-state index >= 15 is 0 Å². The van der Waals surface area contributed by atoms with Crippen LogP contribution in [0.5, 0.6) is 12.0 Å². The van der Waals surface area contributed by atoms with Crippen molar-refractivity contribution in [3.63, 3.8) is 0 Å². The standard InChI is InChI=1S/2C22H22N2O4/c2*1-15-14-16(2)24-21(23-15)28-19(20(25)26)22(27-3,17-10-6-4-7-11-17)18-12-8-5-9-13-18/h2*4-14,19H,1-3H3,(H,25,26)/t2*19-/m11/s1. The molecule has 12 nitrogen and oxygen atoms in total. The molecule has 2 N–H and O–H groups in total. The molecule has 0 amide bonds. The number of carbonyl (C=O) groups is 2. The van der Waals surface area contributed by atoms with Crippen LogP contribution in [-0.4, -0.2) is 68.5 Å². The van der Waals surface area contributed by atoms with E-state index in [0.29, 0.717) is 45.0 Å². The van der Waals surface area contributed by atoms with Crippen molar-refractivity contribution in [2.75, 3.05) is 14.2 Å². The van der Waals surface area contributed by atoms with Crippen LogP contribution in [0, 0.1) is 27.7 Å². The fourth-order valence-electron chi connectivity index (χ4n) is 6.69. The predicted molar refractivity (Wildman–Crippen MR) is 208 cm³/mol. The van der Waals surface area contributed by atoms with Crippen LogP contribution in [0.4, 0.5) is 0 Å². The number of nitrogens with zero attached hydrogens (tertiary/aromatic N) is 4. The molecule has 6 rings (SSSR count). The number of hydrogen-bond acceptors (Lipinski definition) is 10. The molecule has 56 heavy (non-hydrogen) atoms. The first-order valence-electron chi connectivity index (χ1n) is 17.7. The summed E-state index contributed by atoms with van der Waals surface area (Å²) >= 11 is 0. The summed E-state index contributed by atoms with van der Waals surface area (Å²) in [6.07, 6.45) is -2.83. The summed E-state index contributed by atoms with van der Waals surface area (Å²) < 4.78 is 23.5. The van der Waals surface area contributed by atoms with E-state index < -0.39 is 35.3 Å². The monoisotopic (exact) mass is 756 g/mol. The predicted octanol–water partition coefficient (Wildman–Crippen LogP) is 7.03. The maximum absolute atomic E-state index is 12.4. The number of methoxy groups -OCH3 is 2. The van der Waals surface area contributed by atoms with E-state index in [1.165, 1.54) is 14.2 Å². The number of carboxylic acid groups (broad SMARTS) is 2. The van der Waals surface area contributed by atoms with Crippen molar-refractivity contribution in [3.8, 4) is 12.0 Å². The summed E-state index contributed by atoms with van der Waals surface area (Å²) in [6, 6.07) is 40.2. The van der Waals surface area contributed by atoms with Crippen LogP contribution in [0.25, 0.3) is 0 Å². The third-order valence-electron chi connectivity index (χ3n) is 9.01. The van der Waals surface area contributed by atoms with Crippen LogP contribution >= 0.6 is 0 Å². The van der Waals surface area contributed by atoms with Gasteiger partial charge >= 0.3 is 24.0 Å². The number of rotatable bonds is 14. The van der Waals surface area contributed by atoms with Gasteiger partial charge in [0.05, 0.1) is 0 Å². The van der Waals surface area contributed by atoms with Crippen LogP contribution in [0.1, 0.15) is 45.0 Å². The Hall–Kier alpha value is -6.50.